The van der Waals surface area contributed by atoms with E-state index in [-0.39, 0.29) is 17.7 Å². The molecule has 2 aromatic rings. The van der Waals surface area contributed by atoms with Crippen LogP contribution in [0.1, 0.15) is 25.3 Å². The lowest BCUT2D eigenvalue weighted by molar-refractivity contribution is -0.132. The van der Waals surface area contributed by atoms with Crippen molar-refractivity contribution in [1.29, 1.82) is 0 Å². The number of nitrogens with zero attached hydrogens (tertiary/aromatic N) is 2. The molecule has 5 nitrogen and oxygen atoms in total. The van der Waals surface area contributed by atoms with E-state index in [1.54, 1.807) is 11.8 Å². The summed E-state index contributed by atoms with van der Waals surface area (Å²) in [6.07, 6.45) is 1.69. The number of hydrogen-bond donors (Lipinski definition) is 1. The SMILES string of the molecule is CC(=O)N1CCCC(C(=O)Nc2nc3ccc(C)cc3s2)C1. The molecule has 0 aliphatic carbocycles. The Balaban J connectivity index is 1.71. The number of benzene rings is 1. The Kier molecular flexibility index (Phi) is 4.11. The summed E-state index contributed by atoms with van der Waals surface area (Å²) in [4.78, 5) is 30.0. The Morgan fingerprint density at radius 3 is 3.00 bits per heavy atom. The average molecular weight is 317 g/mol. The molecule has 0 saturated carbocycles. The van der Waals surface area contributed by atoms with E-state index in [9.17, 15) is 9.59 Å². The third-order valence-electron chi connectivity index (χ3n) is 4.01. The second-order valence-electron chi connectivity index (χ2n) is 5.78. The first kappa shape index (κ1) is 15.0. The summed E-state index contributed by atoms with van der Waals surface area (Å²) in [5.41, 5.74) is 2.08. The van der Waals surface area contributed by atoms with Gasteiger partial charge in [0, 0.05) is 20.0 Å². The molecule has 1 saturated heterocycles. The minimum atomic E-state index is -0.147. The van der Waals surface area contributed by atoms with Crippen LogP contribution in [0.3, 0.4) is 0 Å². The normalized spacial score (nSPS) is 18.5. The zero-order valence-corrected chi connectivity index (χ0v) is 13.6. The number of rotatable bonds is 2. The van der Waals surface area contributed by atoms with Gasteiger partial charge in [-0.1, -0.05) is 17.4 Å². The Hall–Kier alpha value is -1.95. The van der Waals surface area contributed by atoms with Gasteiger partial charge in [-0.05, 0) is 37.5 Å². The molecule has 1 fully saturated rings. The minimum Gasteiger partial charge on any atom is -0.342 e. The zero-order chi connectivity index (χ0) is 15.7. The summed E-state index contributed by atoms with van der Waals surface area (Å²) in [6, 6.07) is 6.05. The van der Waals surface area contributed by atoms with Crippen molar-refractivity contribution < 1.29 is 9.59 Å². The van der Waals surface area contributed by atoms with Crippen LogP contribution in [0.2, 0.25) is 0 Å². The molecule has 1 atom stereocenters. The Morgan fingerprint density at radius 1 is 1.41 bits per heavy atom. The maximum Gasteiger partial charge on any atom is 0.231 e. The van der Waals surface area contributed by atoms with E-state index in [1.807, 2.05) is 19.1 Å². The zero-order valence-electron chi connectivity index (χ0n) is 12.8. The van der Waals surface area contributed by atoms with Crippen LogP contribution in [0.15, 0.2) is 18.2 Å². The molecule has 1 unspecified atom stereocenters. The molecule has 1 N–H and O–H groups in total. The molecule has 0 spiro atoms. The third kappa shape index (κ3) is 3.11. The van der Waals surface area contributed by atoms with E-state index in [1.165, 1.54) is 16.9 Å². The maximum absolute atomic E-state index is 12.4. The van der Waals surface area contributed by atoms with E-state index in [0.717, 1.165) is 29.6 Å². The van der Waals surface area contributed by atoms with Crippen molar-refractivity contribution in [3.8, 4) is 0 Å². The number of carbonyl (C=O) groups is 2. The van der Waals surface area contributed by atoms with Crippen LogP contribution in [-0.4, -0.2) is 34.8 Å². The van der Waals surface area contributed by atoms with Crippen LogP contribution in [-0.2, 0) is 9.59 Å². The molecule has 1 aromatic heterocycles. The highest BCUT2D eigenvalue weighted by Gasteiger charge is 2.27. The molecule has 6 heteroatoms. The fraction of sp³-hybridized carbons (Fsp3) is 0.438. The number of nitrogens with one attached hydrogen (secondary N) is 1. The van der Waals surface area contributed by atoms with E-state index < -0.39 is 0 Å². The molecular formula is C16H19N3O2S. The van der Waals surface area contributed by atoms with Gasteiger partial charge in [0.15, 0.2) is 5.13 Å². The van der Waals surface area contributed by atoms with Gasteiger partial charge in [-0.3, -0.25) is 9.59 Å². The van der Waals surface area contributed by atoms with Gasteiger partial charge in [0.1, 0.15) is 0 Å². The summed E-state index contributed by atoms with van der Waals surface area (Å²) in [5, 5.41) is 3.54. The minimum absolute atomic E-state index is 0.0352. The van der Waals surface area contributed by atoms with E-state index >= 15 is 0 Å². The lowest BCUT2D eigenvalue weighted by atomic mass is 9.97. The molecule has 1 aromatic carbocycles. The highest BCUT2D eigenvalue weighted by Crippen LogP contribution is 2.27. The molecule has 1 aliphatic rings. The van der Waals surface area contributed by atoms with Crippen molar-refractivity contribution in [3.05, 3.63) is 23.8 Å². The molecule has 2 amide bonds. The summed E-state index contributed by atoms with van der Waals surface area (Å²) in [5.74, 6) is -0.152. The number of carbonyl (C=O) groups excluding carboxylic acids is 2. The number of hydrogen-bond acceptors (Lipinski definition) is 4. The maximum atomic E-state index is 12.4. The second kappa shape index (κ2) is 6.04. The molecule has 2 heterocycles. The molecule has 22 heavy (non-hydrogen) atoms. The van der Waals surface area contributed by atoms with Gasteiger partial charge in [-0.25, -0.2) is 4.98 Å². The molecule has 3 rings (SSSR count). The molecule has 0 radical (unpaired) electrons. The number of fused-ring (bicyclic) bond motifs is 1. The van der Waals surface area contributed by atoms with Gasteiger partial charge in [0.25, 0.3) is 0 Å². The lowest BCUT2D eigenvalue weighted by Crippen LogP contribution is -2.42. The summed E-state index contributed by atoms with van der Waals surface area (Å²) < 4.78 is 1.07. The van der Waals surface area contributed by atoms with Crippen LogP contribution in [0.25, 0.3) is 10.2 Å². The van der Waals surface area contributed by atoms with Gasteiger partial charge in [-0.15, -0.1) is 0 Å². The number of aryl methyl sites for hydroxylation is 1. The number of anilines is 1. The van der Waals surface area contributed by atoms with E-state index in [0.29, 0.717) is 11.7 Å². The Bertz CT molecular complexity index is 725. The highest BCUT2D eigenvalue weighted by molar-refractivity contribution is 7.22. The monoisotopic (exact) mass is 317 g/mol. The Morgan fingerprint density at radius 2 is 2.23 bits per heavy atom. The summed E-state index contributed by atoms with van der Waals surface area (Å²) in [7, 11) is 0. The standard InChI is InChI=1S/C16H19N3O2S/c1-10-5-6-13-14(8-10)22-16(17-13)18-15(21)12-4-3-7-19(9-12)11(2)20/h5-6,8,12H,3-4,7,9H2,1-2H3,(H,17,18,21). The predicted molar refractivity (Wildman–Crippen MR) is 88.0 cm³/mol. The first-order valence-electron chi connectivity index (χ1n) is 7.46. The number of likely N-dealkylation sites (tertiary alicyclic amines) is 1. The number of aromatic nitrogens is 1. The first-order valence-corrected chi connectivity index (χ1v) is 8.28. The summed E-state index contributed by atoms with van der Waals surface area (Å²) in [6.45, 7) is 4.84. The number of amides is 2. The highest BCUT2D eigenvalue weighted by atomic mass is 32.1. The van der Waals surface area contributed by atoms with E-state index in [2.05, 4.69) is 16.4 Å². The van der Waals surface area contributed by atoms with Crippen molar-refractivity contribution in [2.75, 3.05) is 18.4 Å². The van der Waals surface area contributed by atoms with Crippen molar-refractivity contribution in [3.63, 3.8) is 0 Å². The fourth-order valence-electron chi connectivity index (χ4n) is 2.77. The quantitative estimate of drug-likeness (QED) is 0.926. The van der Waals surface area contributed by atoms with Crippen LogP contribution >= 0.6 is 11.3 Å². The number of thiazole rings is 1. The summed E-state index contributed by atoms with van der Waals surface area (Å²) >= 11 is 1.49. The molecule has 1 aliphatic heterocycles. The van der Waals surface area contributed by atoms with Crippen molar-refractivity contribution in [2.45, 2.75) is 26.7 Å². The van der Waals surface area contributed by atoms with Crippen molar-refractivity contribution in [2.24, 2.45) is 5.92 Å². The van der Waals surface area contributed by atoms with Gasteiger partial charge in [-0.2, -0.15) is 0 Å². The second-order valence-corrected chi connectivity index (χ2v) is 6.81. The lowest BCUT2D eigenvalue weighted by Gasteiger charge is -2.31. The Labute approximate surface area is 133 Å². The van der Waals surface area contributed by atoms with Gasteiger partial charge in [0.05, 0.1) is 16.1 Å². The van der Waals surface area contributed by atoms with Gasteiger partial charge in [0.2, 0.25) is 11.8 Å². The number of piperidine rings is 1. The van der Waals surface area contributed by atoms with Gasteiger partial charge >= 0.3 is 0 Å². The molecule has 0 bridgehead atoms. The first-order chi connectivity index (χ1) is 10.5. The van der Waals surface area contributed by atoms with Crippen LogP contribution in [0.5, 0.6) is 0 Å². The topological polar surface area (TPSA) is 62.3 Å². The fourth-order valence-corrected chi connectivity index (χ4v) is 3.74. The smallest absolute Gasteiger partial charge is 0.231 e. The predicted octanol–water partition coefficient (Wildman–Crippen LogP) is 2.80. The van der Waals surface area contributed by atoms with Crippen LogP contribution in [0.4, 0.5) is 5.13 Å². The van der Waals surface area contributed by atoms with E-state index in [4.69, 9.17) is 0 Å². The van der Waals surface area contributed by atoms with Crippen LogP contribution in [0, 0.1) is 12.8 Å². The average Bonchev–Trinajstić information content (AvgIpc) is 2.88. The van der Waals surface area contributed by atoms with Crippen molar-refractivity contribution in [1.82, 2.24) is 9.88 Å². The van der Waals surface area contributed by atoms with Gasteiger partial charge < -0.3 is 10.2 Å². The van der Waals surface area contributed by atoms with Crippen LogP contribution < -0.4 is 5.32 Å². The molecular weight excluding hydrogens is 298 g/mol. The largest absolute Gasteiger partial charge is 0.342 e. The third-order valence-corrected chi connectivity index (χ3v) is 4.95. The van der Waals surface area contributed by atoms with Crippen molar-refractivity contribution >= 4 is 38.5 Å². The molecule has 116 valence electrons.